The molecule has 0 aromatic heterocycles. The number of hydrogen-bond acceptors (Lipinski definition) is 4. The Morgan fingerprint density at radius 2 is 1.85 bits per heavy atom. The Hall–Kier alpha value is -3.11. The van der Waals surface area contributed by atoms with Gasteiger partial charge in [0.25, 0.3) is 5.91 Å². The van der Waals surface area contributed by atoms with Gasteiger partial charge in [-0.3, -0.25) is 9.69 Å². The standard InChI is InChI=1S/C25H19ClFIN2O4/c1-33-22-12-17(10-20(28)23(22)34-14-16-3-2-4-19(27)9-16)11-21-24(31)30(25(32)29-21)13-15-5-7-18(26)8-6-15/h2-12H,13-14H2,1H3,(H,29,32)/b21-11-. The molecule has 4 rings (SSSR count). The lowest BCUT2D eigenvalue weighted by molar-refractivity contribution is -0.123. The van der Waals surface area contributed by atoms with Crippen LogP contribution in [0.2, 0.25) is 5.02 Å². The predicted octanol–water partition coefficient (Wildman–Crippen LogP) is 5.76. The summed E-state index contributed by atoms with van der Waals surface area (Å²) in [5.41, 5.74) is 2.27. The second-order valence-electron chi connectivity index (χ2n) is 7.46. The summed E-state index contributed by atoms with van der Waals surface area (Å²) in [5, 5.41) is 3.20. The molecule has 34 heavy (non-hydrogen) atoms. The molecule has 1 saturated heterocycles. The van der Waals surface area contributed by atoms with E-state index in [9.17, 15) is 14.0 Å². The van der Waals surface area contributed by atoms with Crippen LogP contribution < -0.4 is 14.8 Å². The summed E-state index contributed by atoms with van der Waals surface area (Å²) >= 11 is 8.00. The van der Waals surface area contributed by atoms with Gasteiger partial charge in [-0.05, 0) is 81.8 Å². The van der Waals surface area contributed by atoms with Crippen LogP contribution in [0.1, 0.15) is 16.7 Å². The van der Waals surface area contributed by atoms with E-state index in [4.69, 9.17) is 21.1 Å². The first-order valence-electron chi connectivity index (χ1n) is 10.2. The Balaban J connectivity index is 1.53. The molecule has 3 aromatic carbocycles. The first-order chi connectivity index (χ1) is 16.3. The van der Waals surface area contributed by atoms with Crippen LogP contribution >= 0.6 is 34.2 Å². The highest BCUT2D eigenvalue weighted by atomic mass is 127. The third-order valence-electron chi connectivity index (χ3n) is 5.05. The van der Waals surface area contributed by atoms with Crippen molar-refractivity contribution in [1.29, 1.82) is 0 Å². The van der Waals surface area contributed by atoms with Crippen LogP contribution in [0, 0.1) is 9.39 Å². The molecule has 1 heterocycles. The summed E-state index contributed by atoms with van der Waals surface area (Å²) in [4.78, 5) is 26.4. The molecule has 0 bridgehead atoms. The van der Waals surface area contributed by atoms with Crippen molar-refractivity contribution in [2.24, 2.45) is 0 Å². The quantitative estimate of drug-likeness (QED) is 0.215. The number of urea groups is 1. The zero-order chi connectivity index (χ0) is 24.2. The van der Waals surface area contributed by atoms with Crippen LogP contribution in [0.4, 0.5) is 9.18 Å². The molecule has 0 unspecified atom stereocenters. The van der Waals surface area contributed by atoms with E-state index in [2.05, 4.69) is 27.9 Å². The maximum absolute atomic E-state index is 13.4. The lowest BCUT2D eigenvalue weighted by Crippen LogP contribution is -2.30. The Labute approximate surface area is 214 Å². The molecule has 0 aliphatic carbocycles. The average Bonchev–Trinajstić information content (AvgIpc) is 3.06. The van der Waals surface area contributed by atoms with Crippen molar-refractivity contribution in [3.05, 3.63) is 97.5 Å². The first kappa shape index (κ1) is 24.0. The summed E-state index contributed by atoms with van der Waals surface area (Å²) in [7, 11) is 1.51. The minimum atomic E-state index is -0.497. The summed E-state index contributed by atoms with van der Waals surface area (Å²) in [6.07, 6.45) is 1.59. The number of nitrogens with zero attached hydrogens (tertiary/aromatic N) is 1. The number of imide groups is 1. The molecule has 1 N–H and O–H groups in total. The maximum atomic E-state index is 13.4. The molecular weight excluding hydrogens is 574 g/mol. The Morgan fingerprint density at radius 1 is 1.09 bits per heavy atom. The fourth-order valence-corrected chi connectivity index (χ4v) is 4.31. The van der Waals surface area contributed by atoms with Crippen LogP contribution in [0.15, 0.2) is 66.4 Å². The molecule has 1 fully saturated rings. The lowest BCUT2D eigenvalue weighted by Gasteiger charge is -2.14. The summed E-state index contributed by atoms with van der Waals surface area (Å²) in [5.74, 6) is 0.184. The molecule has 174 valence electrons. The van der Waals surface area contributed by atoms with E-state index >= 15 is 0 Å². The van der Waals surface area contributed by atoms with Crippen LogP contribution in [-0.4, -0.2) is 23.9 Å². The van der Waals surface area contributed by atoms with Gasteiger partial charge in [-0.1, -0.05) is 35.9 Å². The van der Waals surface area contributed by atoms with E-state index in [1.165, 1.54) is 19.2 Å². The molecule has 0 radical (unpaired) electrons. The predicted molar refractivity (Wildman–Crippen MR) is 135 cm³/mol. The topological polar surface area (TPSA) is 67.9 Å². The molecule has 0 atom stereocenters. The van der Waals surface area contributed by atoms with Gasteiger partial charge >= 0.3 is 6.03 Å². The minimum Gasteiger partial charge on any atom is -0.493 e. The third-order valence-corrected chi connectivity index (χ3v) is 6.10. The molecule has 1 aliphatic rings. The van der Waals surface area contributed by atoms with Gasteiger partial charge in [0.2, 0.25) is 0 Å². The first-order valence-corrected chi connectivity index (χ1v) is 11.6. The van der Waals surface area contributed by atoms with E-state index in [1.54, 1.807) is 54.6 Å². The number of ether oxygens (including phenoxy) is 2. The van der Waals surface area contributed by atoms with Gasteiger partial charge in [-0.25, -0.2) is 9.18 Å². The van der Waals surface area contributed by atoms with Gasteiger partial charge in [0.05, 0.1) is 17.2 Å². The summed E-state index contributed by atoms with van der Waals surface area (Å²) < 4.78 is 25.5. The molecule has 3 aromatic rings. The van der Waals surface area contributed by atoms with E-state index in [0.29, 0.717) is 27.6 Å². The number of rotatable bonds is 7. The van der Waals surface area contributed by atoms with Crippen LogP contribution in [0.25, 0.3) is 6.08 Å². The second kappa shape index (κ2) is 10.4. The molecule has 9 heteroatoms. The van der Waals surface area contributed by atoms with E-state index < -0.39 is 11.9 Å². The Bertz CT molecular complexity index is 1280. The van der Waals surface area contributed by atoms with E-state index in [1.807, 2.05) is 0 Å². The zero-order valence-corrected chi connectivity index (χ0v) is 20.9. The van der Waals surface area contributed by atoms with E-state index in [-0.39, 0.29) is 24.7 Å². The van der Waals surface area contributed by atoms with Crippen molar-refractivity contribution in [3.63, 3.8) is 0 Å². The fourth-order valence-electron chi connectivity index (χ4n) is 3.40. The average molecular weight is 593 g/mol. The van der Waals surface area contributed by atoms with Crippen molar-refractivity contribution < 1.29 is 23.5 Å². The molecule has 0 spiro atoms. The largest absolute Gasteiger partial charge is 0.493 e. The summed E-state index contributed by atoms with van der Waals surface area (Å²) in [6, 6.07) is 16.1. The maximum Gasteiger partial charge on any atom is 0.329 e. The number of carbonyl (C=O) groups is 2. The summed E-state index contributed by atoms with van der Waals surface area (Å²) in [6.45, 7) is 0.297. The Morgan fingerprint density at radius 3 is 2.56 bits per heavy atom. The molecule has 6 nitrogen and oxygen atoms in total. The van der Waals surface area contributed by atoms with Crippen LogP contribution in [0.3, 0.4) is 0 Å². The smallest absolute Gasteiger partial charge is 0.329 e. The van der Waals surface area contributed by atoms with Crippen LogP contribution in [0.5, 0.6) is 11.5 Å². The third kappa shape index (κ3) is 5.51. The highest BCUT2D eigenvalue weighted by molar-refractivity contribution is 14.1. The van der Waals surface area contributed by atoms with Gasteiger partial charge in [-0.2, -0.15) is 0 Å². The van der Waals surface area contributed by atoms with Crippen molar-refractivity contribution in [3.8, 4) is 11.5 Å². The number of benzene rings is 3. The molecular formula is C25H19ClFIN2O4. The SMILES string of the molecule is COc1cc(/C=C2\NC(=O)N(Cc3ccc(Cl)cc3)C2=O)cc(I)c1OCc1cccc(F)c1. The molecule has 1 aliphatic heterocycles. The van der Waals surface area contributed by atoms with Crippen molar-refractivity contribution in [2.45, 2.75) is 13.2 Å². The van der Waals surface area contributed by atoms with Gasteiger partial charge in [0.15, 0.2) is 11.5 Å². The highest BCUT2D eigenvalue weighted by Crippen LogP contribution is 2.35. The number of hydrogen-bond donors (Lipinski definition) is 1. The van der Waals surface area contributed by atoms with Gasteiger partial charge in [-0.15, -0.1) is 0 Å². The number of halogens is 3. The number of amides is 3. The monoisotopic (exact) mass is 592 g/mol. The Kier molecular flexibility index (Phi) is 7.38. The highest BCUT2D eigenvalue weighted by Gasteiger charge is 2.33. The van der Waals surface area contributed by atoms with Crippen molar-refractivity contribution in [1.82, 2.24) is 10.2 Å². The number of nitrogens with one attached hydrogen (secondary N) is 1. The lowest BCUT2D eigenvalue weighted by atomic mass is 10.1. The van der Waals surface area contributed by atoms with Crippen molar-refractivity contribution in [2.75, 3.05) is 7.11 Å². The number of methoxy groups -OCH3 is 1. The minimum absolute atomic E-state index is 0.132. The van der Waals surface area contributed by atoms with Gasteiger partial charge in [0.1, 0.15) is 18.1 Å². The van der Waals surface area contributed by atoms with Gasteiger partial charge in [0, 0.05) is 5.02 Å². The number of carbonyl (C=O) groups excluding carboxylic acids is 2. The second-order valence-corrected chi connectivity index (χ2v) is 9.06. The fraction of sp³-hybridized carbons (Fsp3) is 0.120. The normalized spacial score (nSPS) is 14.5. The zero-order valence-electron chi connectivity index (χ0n) is 18.0. The molecule has 0 saturated carbocycles. The van der Waals surface area contributed by atoms with Crippen molar-refractivity contribution >= 4 is 52.2 Å². The van der Waals surface area contributed by atoms with Crippen LogP contribution in [-0.2, 0) is 17.9 Å². The molecule has 3 amide bonds. The van der Waals surface area contributed by atoms with Gasteiger partial charge < -0.3 is 14.8 Å². The van der Waals surface area contributed by atoms with E-state index in [0.717, 1.165) is 14.0 Å².